The van der Waals surface area contributed by atoms with Crippen LogP contribution in [0.5, 0.6) is 5.88 Å². The van der Waals surface area contributed by atoms with Gasteiger partial charge in [0.15, 0.2) is 5.65 Å². The number of esters is 1. The molecule has 0 bridgehead atoms. The van der Waals surface area contributed by atoms with Gasteiger partial charge in [-0.1, -0.05) is 0 Å². The van der Waals surface area contributed by atoms with Crippen molar-refractivity contribution < 1.29 is 14.3 Å². The summed E-state index contributed by atoms with van der Waals surface area (Å²) in [6.45, 7) is 5.65. The van der Waals surface area contributed by atoms with Crippen LogP contribution in [0, 0.1) is 5.92 Å². The molecule has 0 aromatic carbocycles. The molecule has 0 spiro atoms. The molecule has 1 saturated carbocycles. The van der Waals surface area contributed by atoms with Crippen molar-refractivity contribution in [3.8, 4) is 5.88 Å². The SMILES string of the molecule is CC(C)(C)OC(=O)CC1CC(Oc2ccc3ncc(Br)n3n2)C1. The minimum absolute atomic E-state index is 0.106. The lowest BCUT2D eigenvalue weighted by molar-refractivity contribution is -0.157. The van der Waals surface area contributed by atoms with Crippen molar-refractivity contribution >= 4 is 27.5 Å². The minimum atomic E-state index is -0.422. The Labute approximate surface area is 143 Å². The van der Waals surface area contributed by atoms with Crippen molar-refractivity contribution in [3.05, 3.63) is 22.9 Å². The minimum Gasteiger partial charge on any atom is -0.473 e. The molecule has 1 aliphatic rings. The van der Waals surface area contributed by atoms with Crippen LogP contribution in [0.1, 0.15) is 40.0 Å². The fraction of sp³-hybridized carbons (Fsp3) is 0.562. The zero-order chi connectivity index (χ0) is 16.6. The summed E-state index contributed by atoms with van der Waals surface area (Å²) in [6, 6.07) is 3.68. The molecule has 2 aromatic heterocycles. The second kappa shape index (κ2) is 6.11. The van der Waals surface area contributed by atoms with Crippen LogP contribution < -0.4 is 4.74 Å². The average Bonchev–Trinajstić information content (AvgIpc) is 2.76. The largest absolute Gasteiger partial charge is 0.473 e. The van der Waals surface area contributed by atoms with Gasteiger partial charge in [-0.25, -0.2) is 9.50 Å². The smallest absolute Gasteiger partial charge is 0.306 e. The fourth-order valence-corrected chi connectivity index (χ4v) is 2.98. The maximum absolute atomic E-state index is 11.8. The Morgan fingerprint density at radius 3 is 2.83 bits per heavy atom. The lowest BCUT2D eigenvalue weighted by Gasteiger charge is -2.34. The molecule has 23 heavy (non-hydrogen) atoms. The van der Waals surface area contributed by atoms with Gasteiger partial charge in [-0.05, 0) is 61.5 Å². The van der Waals surface area contributed by atoms with Gasteiger partial charge in [-0.15, -0.1) is 5.10 Å². The molecule has 2 aromatic rings. The van der Waals surface area contributed by atoms with Gasteiger partial charge in [0.2, 0.25) is 5.88 Å². The molecule has 0 amide bonds. The predicted molar refractivity (Wildman–Crippen MR) is 88.3 cm³/mol. The second-order valence-corrected chi connectivity index (χ2v) is 7.70. The summed E-state index contributed by atoms with van der Waals surface area (Å²) in [5, 5.41) is 4.38. The van der Waals surface area contributed by atoms with E-state index in [9.17, 15) is 4.79 Å². The highest BCUT2D eigenvalue weighted by molar-refractivity contribution is 9.10. The quantitative estimate of drug-likeness (QED) is 0.759. The molecule has 0 atom stereocenters. The van der Waals surface area contributed by atoms with Gasteiger partial charge in [-0.3, -0.25) is 4.79 Å². The number of ether oxygens (including phenoxy) is 2. The summed E-state index contributed by atoms with van der Waals surface area (Å²) in [5.74, 6) is 0.762. The van der Waals surface area contributed by atoms with Crippen LogP contribution in [0.2, 0.25) is 0 Å². The molecule has 3 rings (SSSR count). The van der Waals surface area contributed by atoms with E-state index in [1.807, 2.05) is 32.9 Å². The fourth-order valence-electron chi connectivity index (χ4n) is 2.62. The number of halogens is 1. The van der Waals surface area contributed by atoms with E-state index in [0.717, 1.165) is 23.1 Å². The first-order chi connectivity index (χ1) is 10.8. The Hall–Kier alpha value is -1.63. The molecular formula is C16H20BrN3O3. The van der Waals surface area contributed by atoms with Gasteiger partial charge >= 0.3 is 5.97 Å². The van der Waals surface area contributed by atoms with E-state index in [1.165, 1.54) is 0 Å². The van der Waals surface area contributed by atoms with Gasteiger partial charge < -0.3 is 9.47 Å². The summed E-state index contributed by atoms with van der Waals surface area (Å²) in [4.78, 5) is 16.0. The van der Waals surface area contributed by atoms with E-state index in [1.54, 1.807) is 10.7 Å². The summed E-state index contributed by atoms with van der Waals surface area (Å²) < 4.78 is 13.7. The van der Waals surface area contributed by atoms with Crippen LogP contribution in [0.25, 0.3) is 5.65 Å². The van der Waals surface area contributed by atoms with Crippen molar-refractivity contribution in [1.29, 1.82) is 0 Å². The van der Waals surface area contributed by atoms with Crippen LogP contribution in [-0.4, -0.2) is 32.3 Å². The summed E-state index contributed by atoms with van der Waals surface area (Å²) >= 11 is 3.39. The number of imidazole rings is 1. The van der Waals surface area contributed by atoms with E-state index >= 15 is 0 Å². The van der Waals surface area contributed by atoms with Gasteiger partial charge in [0, 0.05) is 12.5 Å². The summed E-state index contributed by atoms with van der Waals surface area (Å²) in [7, 11) is 0. The standard InChI is InChI=1S/C16H20BrN3O3/c1-16(2,3)23-15(21)8-10-6-11(7-10)22-14-5-4-13-18-9-12(17)20(13)19-14/h4-5,9-11H,6-8H2,1-3H3. The lowest BCUT2D eigenvalue weighted by atomic mass is 9.80. The third-order valence-electron chi connectivity index (χ3n) is 3.65. The molecule has 1 fully saturated rings. The maximum atomic E-state index is 11.8. The highest BCUT2D eigenvalue weighted by Gasteiger charge is 2.34. The number of hydrogen-bond acceptors (Lipinski definition) is 5. The van der Waals surface area contributed by atoms with Crippen LogP contribution in [-0.2, 0) is 9.53 Å². The molecule has 0 radical (unpaired) electrons. The van der Waals surface area contributed by atoms with Gasteiger partial charge in [0.05, 0.1) is 6.20 Å². The van der Waals surface area contributed by atoms with Crippen molar-refractivity contribution in [3.63, 3.8) is 0 Å². The Bertz CT molecular complexity index is 717. The number of carbonyl (C=O) groups is 1. The number of fused-ring (bicyclic) bond motifs is 1. The van der Waals surface area contributed by atoms with Crippen LogP contribution >= 0.6 is 15.9 Å². The normalized spacial score (nSPS) is 21.0. The lowest BCUT2D eigenvalue weighted by Crippen LogP contribution is -2.36. The van der Waals surface area contributed by atoms with Crippen molar-refractivity contribution in [2.24, 2.45) is 5.92 Å². The van der Waals surface area contributed by atoms with Gasteiger partial charge in [0.1, 0.15) is 16.3 Å². The van der Waals surface area contributed by atoms with Gasteiger partial charge in [-0.2, -0.15) is 0 Å². The van der Waals surface area contributed by atoms with E-state index in [0.29, 0.717) is 18.2 Å². The molecular weight excluding hydrogens is 362 g/mol. The maximum Gasteiger partial charge on any atom is 0.306 e. The van der Waals surface area contributed by atoms with E-state index in [4.69, 9.17) is 9.47 Å². The molecule has 1 aliphatic carbocycles. The molecule has 2 heterocycles. The summed E-state index contributed by atoms with van der Waals surface area (Å²) in [6.07, 6.45) is 3.96. The highest BCUT2D eigenvalue weighted by Crippen LogP contribution is 2.34. The predicted octanol–water partition coefficient (Wildman–Crippen LogP) is 3.38. The van der Waals surface area contributed by atoms with Crippen LogP contribution in [0.3, 0.4) is 0 Å². The Balaban J connectivity index is 1.49. The van der Waals surface area contributed by atoms with Crippen LogP contribution in [0.4, 0.5) is 0 Å². The summed E-state index contributed by atoms with van der Waals surface area (Å²) in [5.41, 5.74) is 0.342. The Morgan fingerprint density at radius 1 is 1.39 bits per heavy atom. The van der Waals surface area contributed by atoms with Crippen molar-refractivity contribution in [2.75, 3.05) is 0 Å². The van der Waals surface area contributed by atoms with E-state index in [2.05, 4.69) is 26.0 Å². The topological polar surface area (TPSA) is 65.7 Å². The number of carbonyl (C=O) groups excluding carboxylic acids is 1. The number of rotatable bonds is 4. The molecule has 6 nitrogen and oxygen atoms in total. The molecule has 0 N–H and O–H groups in total. The van der Waals surface area contributed by atoms with Gasteiger partial charge in [0.25, 0.3) is 0 Å². The molecule has 124 valence electrons. The van der Waals surface area contributed by atoms with Crippen molar-refractivity contribution in [1.82, 2.24) is 14.6 Å². The second-order valence-electron chi connectivity index (χ2n) is 6.89. The number of hydrogen-bond donors (Lipinski definition) is 0. The van der Waals surface area contributed by atoms with E-state index in [-0.39, 0.29) is 12.1 Å². The van der Waals surface area contributed by atoms with E-state index < -0.39 is 5.60 Å². The zero-order valence-electron chi connectivity index (χ0n) is 13.5. The third-order valence-corrected chi connectivity index (χ3v) is 4.19. The third kappa shape index (κ3) is 4.02. The van der Waals surface area contributed by atoms with Crippen LogP contribution in [0.15, 0.2) is 22.9 Å². The highest BCUT2D eigenvalue weighted by atomic mass is 79.9. The Kier molecular flexibility index (Phi) is 4.31. The molecule has 0 saturated heterocycles. The van der Waals surface area contributed by atoms with Crippen molar-refractivity contribution in [2.45, 2.75) is 51.7 Å². The molecule has 0 unspecified atom stereocenters. The molecule has 0 aliphatic heterocycles. The first-order valence-electron chi connectivity index (χ1n) is 7.69. The number of nitrogens with zero attached hydrogens (tertiary/aromatic N) is 3. The molecule has 7 heteroatoms. The monoisotopic (exact) mass is 381 g/mol. The zero-order valence-corrected chi connectivity index (χ0v) is 15.0. The Morgan fingerprint density at radius 2 is 2.13 bits per heavy atom. The number of aromatic nitrogens is 3. The average molecular weight is 382 g/mol. The first kappa shape index (κ1) is 16.2. The first-order valence-corrected chi connectivity index (χ1v) is 8.48.